The molecule has 5 nitrogen and oxygen atoms in total. The SMILES string of the molecule is C1CC2CNCC2N(c2n[nH]c(C3CCSC3)n2)C1. The van der Waals surface area contributed by atoms with E-state index in [0.29, 0.717) is 12.0 Å². The summed E-state index contributed by atoms with van der Waals surface area (Å²) in [5.41, 5.74) is 0. The number of piperidine rings is 1. The summed E-state index contributed by atoms with van der Waals surface area (Å²) in [5, 5.41) is 11.2. The highest BCUT2D eigenvalue weighted by Gasteiger charge is 2.36. The van der Waals surface area contributed by atoms with E-state index in [-0.39, 0.29) is 0 Å². The minimum atomic E-state index is 0.591. The number of anilines is 1. The molecule has 3 aliphatic heterocycles. The lowest BCUT2D eigenvalue weighted by molar-refractivity contribution is 0.381. The molecule has 0 saturated carbocycles. The Morgan fingerprint density at radius 1 is 1.26 bits per heavy atom. The lowest BCUT2D eigenvalue weighted by atomic mass is 9.92. The van der Waals surface area contributed by atoms with E-state index in [2.05, 4.69) is 20.4 Å². The molecule has 3 aliphatic rings. The van der Waals surface area contributed by atoms with Crippen molar-refractivity contribution < 1.29 is 0 Å². The Hall–Kier alpha value is -0.750. The fourth-order valence-corrected chi connectivity index (χ4v) is 4.87. The van der Waals surface area contributed by atoms with Crippen molar-refractivity contribution in [3.8, 4) is 0 Å². The molecule has 0 spiro atoms. The highest BCUT2D eigenvalue weighted by atomic mass is 32.2. The molecule has 0 bridgehead atoms. The van der Waals surface area contributed by atoms with E-state index in [1.54, 1.807) is 0 Å². The molecule has 104 valence electrons. The summed E-state index contributed by atoms with van der Waals surface area (Å²) in [5.74, 6) is 5.88. The van der Waals surface area contributed by atoms with Gasteiger partial charge in [0.15, 0.2) is 0 Å². The Labute approximate surface area is 117 Å². The van der Waals surface area contributed by atoms with Crippen molar-refractivity contribution in [1.82, 2.24) is 20.5 Å². The van der Waals surface area contributed by atoms with Gasteiger partial charge in [-0.15, -0.1) is 5.10 Å². The number of nitrogens with one attached hydrogen (secondary N) is 2. The molecule has 19 heavy (non-hydrogen) atoms. The lowest BCUT2D eigenvalue weighted by Gasteiger charge is -2.36. The van der Waals surface area contributed by atoms with Gasteiger partial charge in [-0.25, -0.2) is 0 Å². The number of H-pyrrole nitrogens is 1. The quantitative estimate of drug-likeness (QED) is 0.852. The van der Waals surface area contributed by atoms with Gasteiger partial charge in [0.2, 0.25) is 5.95 Å². The van der Waals surface area contributed by atoms with Gasteiger partial charge in [-0.2, -0.15) is 16.7 Å². The van der Waals surface area contributed by atoms with E-state index < -0.39 is 0 Å². The molecule has 6 heteroatoms. The number of hydrogen-bond acceptors (Lipinski definition) is 5. The standard InChI is InChI=1S/C13H21N5S/c1-2-9-6-14-7-11(9)18(4-1)13-15-12(16-17-13)10-3-5-19-8-10/h9-11,14H,1-8H2,(H,15,16,17). The van der Waals surface area contributed by atoms with Gasteiger partial charge in [0.05, 0.1) is 0 Å². The number of thioether (sulfide) groups is 1. The lowest BCUT2D eigenvalue weighted by Crippen LogP contribution is -2.45. The summed E-state index contributed by atoms with van der Waals surface area (Å²) in [7, 11) is 0. The molecule has 1 aromatic rings. The van der Waals surface area contributed by atoms with Gasteiger partial charge in [-0.3, -0.25) is 5.10 Å². The third-order valence-corrected chi connectivity index (χ3v) is 5.91. The van der Waals surface area contributed by atoms with Crippen LogP contribution in [0.3, 0.4) is 0 Å². The Kier molecular flexibility index (Phi) is 3.15. The van der Waals surface area contributed by atoms with Gasteiger partial charge in [0.25, 0.3) is 0 Å². The monoisotopic (exact) mass is 279 g/mol. The van der Waals surface area contributed by atoms with Gasteiger partial charge >= 0.3 is 0 Å². The summed E-state index contributed by atoms with van der Waals surface area (Å²) in [6.07, 6.45) is 3.86. The second-order valence-corrected chi connectivity index (χ2v) is 7.05. The second kappa shape index (κ2) is 4.98. The molecule has 3 saturated heterocycles. The van der Waals surface area contributed by atoms with Crippen molar-refractivity contribution in [3.05, 3.63) is 5.82 Å². The maximum atomic E-state index is 4.79. The van der Waals surface area contributed by atoms with Crippen LogP contribution in [-0.2, 0) is 0 Å². The molecule has 0 aromatic carbocycles. The Bertz CT molecular complexity index is 442. The van der Waals surface area contributed by atoms with Crippen LogP contribution in [0, 0.1) is 5.92 Å². The van der Waals surface area contributed by atoms with Crippen LogP contribution in [0.4, 0.5) is 5.95 Å². The zero-order valence-corrected chi connectivity index (χ0v) is 12.0. The largest absolute Gasteiger partial charge is 0.335 e. The number of hydrogen-bond donors (Lipinski definition) is 2. The van der Waals surface area contributed by atoms with Gasteiger partial charge in [-0.1, -0.05) is 0 Å². The third kappa shape index (κ3) is 2.14. The number of aromatic amines is 1. The molecule has 0 aliphatic carbocycles. The third-order valence-electron chi connectivity index (χ3n) is 4.74. The number of rotatable bonds is 2. The first-order valence-electron chi connectivity index (χ1n) is 7.39. The highest BCUT2D eigenvalue weighted by molar-refractivity contribution is 7.99. The first kappa shape index (κ1) is 12.0. The van der Waals surface area contributed by atoms with Crippen molar-refractivity contribution in [3.63, 3.8) is 0 Å². The number of fused-ring (bicyclic) bond motifs is 1. The van der Waals surface area contributed by atoms with Gasteiger partial charge in [0, 0.05) is 37.3 Å². The van der Waals surface area contributed by atoms with Crippen molar-refractivity contribution in [2.45, 2.75) is 31.2 Å². The van der Waals surface area contributed by atoms with E-state index in [4.69, 9.17) is 4.98 Å². The summed E-state index contributed by atoms with van der Waals surface area (Å²) in [6.45, 7) is 3.37. The predicted molar refractivity (Wildman–Crippen MR) is 77.8 cm³/mol. The molecule has 0 amide bonds. The molecule has 1 aromatic heterocycles. The van der Waals surface area contributed by atoms with Crippen LogP contribution in [0.25, 0.3) is 0 Å². The maximum Gasteiger partial charge on any atom is 0.245 e. The van der Waals surface area contributed by atoms with E-state index in [1.165, 1.54) is 30.8 Å². The average molecular weight is 279 g/mol. The fraction of sp³-hybridized carbons (Fsp3) is 0.846. The number of nitrogens with zero attached hydrogens (tertiary/aromatic N) is 3. The zero-order valence-electron chi connectivity index (χ0n) is 11.1. The smallest absolute Gasteiger partial charge is 0.245 e. The van der Waals surface area contributed by atoms with Gasteiger partial charge in [-0.05, 0) is 30.9 Å². The normalized spacial score (nSPS) is 34.7. The Morgan fingerprint density at radius 2 is 2.26 bits per heavy atom. The van der Waals surface area contributed by atoms with E-state index >= 15 is 0 Å². The van der Waals surface area contributed by atoms with Crippen LogP contribution >= 0.6 is 11.8 Å². The molecular weight excluding hydrogens is 258 g/mol. The molecule has 3 fully saturated rings. The predicted octanol–water partition coefficient (Wildman–Crippen LogP) is 1.21. The molecule has 4 heterocycles. The van der Waals surface area contributed by atoms with Crippen molar-refractivity contribution in [1.29, 1.82) is 0 Å². The maximum absolute atomic E-state index is 4.79. The molecule has 0 radical (unpaired) electrons. The fourth-order valence-electron chi connectivity index (χ4n) is 3.64. The van der Waals surface area contributed by atoms with Gasteiger partial charge in [0.1, 0.15) is 5.82 Å². The first-order valence-corrected chi connectivity index (χ1v) is 8.54. The molecular formula is C13H21N5S. The minimum Gasteiger partial charge on any atom is -0.335 e. The highest BCUT2D eigenvalue weighted by Crippen LogP contribution is 2.33. The zero-order chi connectivity index (χ0) is 12.7. The summed E-state index contributed by atoms with van der Waals surface area (Å²) in [6, 6.07) is 0.607. The second-order valence-electron chi connectivity index (χ2n) is 5.90. The molecule has 4 rings (SSSR count). The van der Waals surface area contributed by atoms with Crippen LogP contribution in [-0.4, -0.2) is 52.4 Å². The van der Waals surface area contributed by atoms with Crippen LogP contribution in [0.2, 0.25) is 0 Å². The number of aromatic nitrogens is 3. The summed E-state index contributed by atoms with van der Waals surface area (Å²) >= 11 is 2.03. The Morgan fingerprint density at radius 3 is 3.16 bits per heavy atom. The van der Waals surface area contributed by atoms with Crippen LogP contribution in [0.1, 0.15) is 31.0 Å². The molecule has 2 N–H and O–H groups in total. The van der Waals surface area contributed by atoms with Crippen LogP contribution in [0.5, 0.6) is 0 Å². The average Bonchev–Trinajstić information content (AvgIpc) is 3.18. The Balaban J connectivity index is 1.54. The van der Waals surface area contributed by atoms with Crippen LogP contribution in [0.15, 0.2) is 0 Å². The van der Waals surface area contributed by atoms with E-state index in [9.17, 15) is 0 Å². The minimum absolute atomic E-state index is 0.591. The van der Waals surface area contributed by atoms with E-state index in [0.717, 1.165) is 37.3 Å². The summed E-state index contributed by atoms with van der Waals surface area (Å²) in [4.78, 5) is 7.22. The van der Waals surface area contributed by atoms with E-state index in [1.807, 2.05) is 11.8 Å². The molecule has 3 atom stereocenters. The molecule has 3 unspecified atom stereocenters. The first-order chi connectivity index (χ1) is 9.42. The van der Waals surface area contributed by atoms with Crippen molar-refractivity contribution >= 4 is 17.7 Å². The van der Waals surface area contributed by atoms with Crippen LogP contribution < -0.4 is 10.2 Å². The van der Waals surface area contributed by atoms with Crippen molar-refractivity contribution in [2.75, 3.05) is 36.0 Å². The van der Waals surface area contributed by atoms with Gasteiger partial charge < -0.3 is 10.2 Å². The topological polar surface area (TPSA) is 56.8 Å². The van der Waals surface area contributed by atoms with Crippen molar-refractivity contribution in [2.24, 2.45) is 5.92 Å². The summed E-state index contributed by atoms with van der Waals surface area (Å²) < 4.78 is 0.